The Kier molecular flexibility index (Phi) is 5.36. The smallest absolute Gasteiger partial charge is 0.263 e. The van der Waals surface area contributed by atoms with Gasteiger partial charge in [-0.2, -0.15) is 0 Å². The van der Waals surface area contributed by atoms with E-state index in [1.54, 1.807) is 28.2 Å². The fourth-order valence-corrected chi connectivity index (χ4v) is 5.54. The average Bonchev–Trinajstić information content (AvgIpc) is 3.30. The average molecular weight is 404 g/mol. The van der Waals surface area contributed by atoms with Crippen molar-refractivity contribution in [2.24, 2.45) is 0 Å². The van der Waals surface area contributed by atoms with Crippen molar-refractivity contribution in [2.45, 2.75) is 44.3 Å². The molecule has 0 saturated heterocycles. The van der Waals surface area contributed by atoms with Gasteiger partial charge in [0.15, 0.2) is 5.16 Å². The summed E-state index contributed by atoms with van der Waals surface area (Å²) in [5, 5.41) is 4.10. The van der Waals surface area contributed by atoms with Gasteiger partial charge in [-0.1, -0.05) is 11.8 Å². The lowest BCUT2D eigenvalue weighted by atomic mass is 9.97. The summed E-state index contributed by atoms with van der Waals surface area (Å²) in [5.74, 6) is 0.865. The van der Waals surface area contributed by atoms with Crippen LogP contribution in [0.2, 0.25) is 0 Å². The van der Waals surface area contributed by atoms with Gasteiger partial charge in [-0.25, -0.2) is 4.98 Å². The van der Waals surface area contributed by atoms with E-state index in [4.69, 9.17) is 9.40 Å². The van der Waals surface area contributed by atoms with Gasteiger partial charge in [0.25, 0.3) is 5.56 Å². The monoisotopic (exact) mass is 403 g/mol. The molecule has 3 aromatic rings. The summed E-state index contributed by atoms with van der Waals surface area (Å²) < 4.78 is 7.09. The summed E-state index contributed by atoms with van der Waals surface area (Å²) >= 11 is 2.92. The van der Waals surface area contributed by atoms with Gasteiger partial charge in [0.05, 0.1) is 23.9 Å². The van der Waals surface area contributed by atoms with E-state index < -0.39 is 0 Å². The number of thioether (sulfide) groups is 1. The molecule has 0 saturated carbocycles. The maximum absolute atomic E-state index is 13.4. The van der Waals surface area contributed by atoms with Crippen molar-refractivity contribution in [1.82, 2.24) is 14.9 Å². The molecule has 0 aliphatic heterocycles. The molecule has 0 radical (unpaired) electrons. The zero-order valence-electron chi connectivity index (χ0n) is 15.1. The number of carbonyl (C=O) groups is 1. The third-order valence-electron chi connectivity index (χ3n) is 4.64. The Morgan fingerprint density at radius 3 is 3.04 bits per heavy atom. The van der Waals surface area contributed by atoms with E-state index in [0.717, 1.165) is 29.5 Å². The molecule has 0 spiro atoms. The number of furan rings is 1. The first-order valence-corrected chi connectivity index (χ1v) is 10.9. The number of rotatable bonds is 6. The molecule has 0 unspecified atom stereocenters. The molecule has 1 aliphatic rings. The summed E-state index contributed by atoms with van der Waals surface area (Å²) in [6.45, 7) is 2.79. The first-order chi connectivity index (χ1) is 13.2. The van der Waals surface area contributed by atoms with Gasteiger partial charge in [-0.05, 0) is 50.3 Å². The second kappa shape index (κ2) is 7.90. The summed E-state index contributed by atoms with van der Waals surface area (Å²) in [7, 11) is 0. The Balaban J connectivity index is 1.79. The van der Waals surface area contributed by atoms with Gasteiger partial charge >= 0.3 is 0 Å². The largest absolute Gasteiger partial charge is 0.467 e. The van der Waals surface area contributed by atoms with Gasteiger partial charge in [0.1, 0.15) is 10.6 Å². The number of fused-ring (bicyclic) bond motifs is 3. The fourth-order valence-electron chi connectivity index (χ4n) is 3.41. The Hall–Kier alpha value is -2.06. The Bertz CT molecular complexity index is 1020. The molecule has 6 nitrogen and oxygen atoms in total. The predicted octanol–water partition coefficient (Wildman–Crippen LogP) is 3.21. The second-order valence-corrected chi connectivity index (χ2v) is 8.52. The van der Waals surface area contributed by atoms with Crippen molar-refractivity contribution < 1.29 is 9.21 Å². The lowest BCUT2D eigenvalue weighted by molar-refractivity contribution is -0.118. The maximum Gasteiger partial charge on any atom is 0.263 e. The summed E-state index contributed by atoms with van der Waals surface area (Å²) in [5.41, 5.74) is 1.14. The van der Waals surface area contributed by atoms with Gasteiger partial charge in [-0.3, -0.25) is 14.2 Å². The highest BCUT2D eigenvalue weighted by Gasteiger charge is 2.23. The van der Waals surface area contributed by atoms with Crippen LogP contribution in [0.15, 0.2) is 32.8 Å². The summed E-state index contributed by atoms with van der Waals surface area (Å²) in [6, 6.07) is 3.65. The Morgan fingerprint density at radius 2 is 2.26 bits per heavy atom. The molecule has 1 amide bonds. The van der Waals surface area contributed by atoms with Crippen LogP contribution in [-0.2, 0) is 24.2 Å². The zero-order chi connectivity index (χ0) is 18.8. The van der Waals surface area contributed by atoms with Crippen LogP contribution in [0.5, 0.6) is 0 Å². The Labute approximate surface area is 165 Å². The third-order valence-corrected chi connectivity index (χ3v) is 6.80. The standard InChI is InChI=1S/C19H21N3O3S2/c1-2-20-15(23)11-26-19-21-17-16(13-7-3-4-8-14(13)27-17)18(24)22(19)10-12-6-5-9-25-12/h5-6,9H,2-4,7-8,10-11H2,1H3,(H,20,23). The van der Waals surface area contributed by atoms with Crippen LogP contribution < -0.4 is 10.9 Å². The topological polar surface area (TPSA) is 77.1 Å². The van der Waals surface area contributed by atoms with E-state index in [2.05, 4.69) is 5.32 Å². The zero-order valence-corrected chi connectivity index (χ0v) is 16.8. The van der Waals surface area contributed by atoms with E-state index in [1.165, 1.54) is 28.6 Å². The lowest BCUT2D eigenvalue weighted by Crippen LogP contribution is -2.27. The number of nitrogens with zero attached hydrogens (tertiary/aromatic N) is 2. The second-order valence-electron chi connectivity index (χ2n) is 6.50. The number of nitrogens with one attached hydrogen (secondary N) is 1. The molecule has 0 atom stereocenters. The minimum atomic E-state index is -0.0631. The minimum Gasteiger partial charge on any atom is -0.467 e. The van der Waals surface area contributed by atoms with E-state index in [1.807, 2.05) is 13.0 Å². The first-order valence-electron chi connectivity index (χ1n) is 9.14. The van der Waals surface area contributed by atoms with Gasteiger partial charge in [0, 0.05) is 11.4 Å². The first kappa shape index (κ1) is 18.3. The van der Waals surface area contributed by atoms with Crippen LogP contribution in [-0.4, -0.2) is 27.8 Å². The number of hydrogen-bond donors (Lipinski definition) is 1. The van der Waals surface area contributed by atoms with Gasteiger partial charge in [0.2, 0.25) is 5.91 Å². The molecular weight excluding hydrogens is 382 g/mol. The van der Waals surface area contributed by atoms with E-state index in [-0.39, 0.29) is 17.2 Å². The van der Waals surface area contributed by atoms with E-state index in [0.29, 0.717) is 24.0 Å². The number of carbonyl (C=O) groups excluding carboxylic acids is 1. The number of aromatic nitrogens is 2. The summed E-state index contributed by atoms with van der Waals surface area (Å²) in [4.78, 5) is 32.1. The normalized spacial score (nSPS) is 13.7. The molecule has 0 aromatic carbocycles. The molecule has 4 rings (SSSR count). The SMILES string of the molecule is CCNC(=O)CSc1nc2sc3c(c2c(=O)n1Cc1ccco1)CCCC3. The number of thiophene rings is 1. The van der Waals surface area contributed by atoms with Crippen molar-refractivity contribution >= 4 is 39.2 Å². The molecule has 0 fully saturated rings. The lowest BCUT2D eigenvalue weighted by Gasteiger charge is -2.12. The molecule has 0 bridgehead atoms. The van der Waals surface area contributed by atoms with Crippen molar-refractivity contribution in [2.75, 3.05) is 12.3 Å². The maximum atomic E-state index is 13.4. The van der Waals surface area contributed by atoms with Crippen LogP contribution in [0.25, 0.3) is 10.2 Å². The van der Waals surface area contributed by atoms with Crippen molar-refractivity contribution in [3.63, 3.8) is 0 Å². The van der Waals surface area contributed by atoms with Gasteiger partial charge < -0.3 is 9.73 Å². The molecule has 1 aliphatic carbocycles. The molecule has 3 heterocycles. The van der Waals surface area contributed by atoms with Crippen LogP contribution >= 0.6 is 23.1 Å². The molecule has 142 valence electrons. The third kappa shape index (κ3) is 3.68. The molecular formula is C19H21N3O3S2. The van der Waals surface area contributed by atoms with Crippen LogP contribution in [0.1, 0.15) is 36.0 Å². The number of amides is 1. The predicted molar refractivity (Wildman–Crippen MR) is 108 cm³/mol. The highest BCUT2D eigenvalue weighted by Crippen LogP contribution is 2.34. The fraction of sp³-hybridized carbons (Fsp3) is 0.421. The highest BCUT2D eigenvalue weighted by atomic mass is 32.2. The van der Waals surface area contributed by atoms with E-state index >= 15 is 0 Å². The van der Waals surface area contributed by atoms with Crippen LogP contribution in [0, 0.1) is 0 Å². The van der Waals surface area contributed by atoms with Crippen molar-refractivity contribution in [1.29, 1.82) is 0 Å². The number of aryl methyl sites for hydroxylation is 2. The molecule has 3 aromatic heterocycles. The van der Waals surface area contributed by atoms with E-state index in [9.17, 15) is 9.59 Å². The summed E-state index contributed by atoms with van der Waals surface area (Å²) in [6.07, 6.45) is 5.84. The van der Waals surface area contributed by atoms with Crippen LogP contribution in [0.4, 0.5) is 0 Å². The quantitative estimate of drug-likeness (QED) is 0.505. The molecule has 27 heavy (non-hydrogen) atoms. The molecule has 1 N–H and O–H groups in total. The Morgan fingerprint density at radius 1 is 1.41 bits per heavy atom. The molecule has 8 heteroatoms. The highest BCUT2D eigenvalue weighted by molar-refractivity contribution is 7.99. The number of hydrogen-bond acceptors (Lipinski definition) is 6. The van der Waals surface area contributed by atoms with Crippen molar-refractivity contribution in [3.8, 4) is 0 Å². The van der Waals surface area contributed by atoms with Gasteiger partial charge in [-0.15, -0.1) is 11.3 Å². The van der Waals surface area contributed by atoms with Crippen LogP contribution in [0.3, 0.4) is 0 Å². The minimum absolute atomic E-state index is 0.0331. The van der Waals surface area contributed by atoms with Crippen molar-refractivity contribution in [3.05, 3.63) is 45.0 Å².